The maximum absolute atomic E-state index is 11.1. The SMILES string of the molecule is CCOC(=O)CCCCCn1nc(C)c(C=O)c1C. The van der Waals surface area contributed by atoms with Crippen LogP contribution in [0.1, 0.15) is 54.4 Å². The predicted molar refractivity (Wildman–Crippen MR) is 72.2 cm³/mol. The lowest BCUT2D eigenvalue weighted by Crippen LogP contribution is -2.05. The van der Waals surface area contributed by atoms with Crippen LogP contribution >= 0.6 is 0 Å². The van der Waals surface area contributed by atoms with E-state index >= 15 is 0 Å². The van der Waals surface area contributed by atoms with Gasteiger partial charge in [-0.15, -0.1) is 0 Å². The van der Waals surface area contributed by atoms with E-state index in [-0.39, 0.29) is 5.97 Å². The van der Waals surface area contributed by atoms with Gasteiger partial charge >= 0.3 is 5.97 Å². The van der Waals surface area contributed by atoms with Crippen molar-refractivity contribution in [2.45, 2.75) is 53.0 Å². The Labute approximate surface area is 113 Å². The molecule has 0 saturated heterocycles. The van der Waals surface area contributed by atoms with Crippen LogP contribution in [0.2, 0.25) is 0 Å². The van der Waals surface area contributed by atoms with Gasteiger partial charge in [0.25, 0.3) is 0 Å². The largest absolute Gasteiger partial charge is 0.466 e. The Hall–Kier alpha value is -1.65. The average molecular weight is 266 g/mol. The first-order chi connectivity index (χ1) is 9.10. The van der Waals surface area contributed by atoms with E-state index in [0.29, 0.717) is 18.6 Å². The molecule has 0 aliphatic heterocycles. The number of rotatable bonds is 8. The standard InChI is InChI=1S/C14H22N2O3/c1-4-19-14(18)8-6-5-7-9-16-12(3)13(10-17)11(2)15-16/h10H,4-9H2,1-3H3. The molecule has 1 rings (SSSR count). The lowest BCUT2D eigenvalue weighted by Gasteiger charge is -2.04. The van der Waals surface area contributed by atoms with Gasteiger partial charge in [0.2, 0.25) is 0 Å². The smallest absolute Gasteiger partial charge is 0.305 e. The fraction of sp³-hybridized carbons (Fsp3) is 0.643. The van der Waals surface area contributed by atoms with Crippen molar-refractivity contribution < 1.29 is 14.3 Å². The average Bonchev–Trinajstić information content (AvgIpc) is 2.64. The molecule has 1 aromatic heterocycles. The normalized spacial score (nSPS) is 10.5. The highest BCUT2D eigenvalue weighted by Gasteiger charge is 2.09. The molecule has 1 heterocycles. The van der Waals surface area contributed by atoms with Crippen molar-refractivity contribution in [2.75, 3.05) is 6.61 Å². The van der Waals surface area contributed by atoms with Crippen LogP contribution in [0.25, 0.3) is 0 Å². The van der Waals surface area contributed by atoms with Gasteiger partial charge in [0.15, 0.2) is 6.29 Å². The Morgan fingerprint density at radius 2 is 2.05 bits per heavy atom. The van der Waals surface area contributed by atoms with Crippen LogP contribution in [0, 0.1) is 13.8 Å². The summed E-state index contributed by atoms with van der Waals surface area (Å²) < 4.78 is 6.73. The van der Waals surface area contributed by atoms with Gasteiger partial charge in [-0.25, -0.2) is 0 Å². The summed E-state index contributed by atoms with van der Waals surface area (Å²) in [6, 6.07) is 0. The van der Waals surface area contributed by atoms with Gasteiger partial charge in [0.05, 0.1) is 17.9 Å². The maximum Gasteiger partial charge on any atom is 0.305 e. The number of aryl methyl sites for hydroxylation is 2. The molecule has 0 amide bonds. The number of aldehydes is 1. The summed E-state index contributed by atoms with van der Waals surface area (Å²) in [5.74, 6) is -0.128. The minimum absolute atomic E-state index is 0.128. The number of nitrogens with zero attached hydrogens (tertiary/aromatic N) is 2. The zero-order valence-electron chi connectivity index (χ0n) is 11.9. The van der Waals surface area contributed by atoms with E-state index in [1.165, 1.54) is 0 Å². The van der Waals surface area contributed by atoms with E-state index in [9.17, 15) is 9.59 Å². The molecule has 0 unspecified atom stereocenters. The molecule has 0 bridgehead atoms. The second kappa shape index (κ2) is 7.71. The molecule has 0 saturated carbocycles. The fourth-order valence-electron chi connectivity index (χ4n) is 2.04. The summed E-state index contributed by atoms with van der Waals surface area (Å²) in [4.78, 5) is 22.0. The third-order valence-electron chi connectivity index (χ3n) is 3.11. The quantitative estimate of drug-likeness (QED) is 0.412. The lowest BCUT2D eigenvalue weighted by molar-refractivity contribution is -0.143. The summed E-state index contributed by atoms with van der Waals surface area (Å²) in [6.07, 6.45) is 4.06. The molecule has 0 atom stereocenters. The van der Waals surface area contributed by atoms with Crippen LogP contribution < -0.4 is 0 Å². The number of unbranched alkanes of at least 4 members (excludes halogenated alkanes) is 2. The predicted octanol–water partition coefficient (Wildman–Crippen LogP) is 2.44. The monoisotopic (exact) mass is 266 g/mol. The van der Waals surface area contributed by atoms with Crippen LogP contribution in [0.5, 0.6) is 0 Å². The minimum Gasteiger partial charge on any atom is -0.466 e. The number of carbonyl (C=O) groups excluding carboxylic acids is 2. The van der Waals surface area contributed by atoms with E-state index in [1.807, 2.05) is 25.5 Å². The molecule has 5 nitrogen and oxygen atoms in total. The van der Waals surface area contributed by atoms with E-state index in [2.05, 4.69) is 5.10 Å². The molecule has 0 spiro atoms. The highest BCUT2D eigenvalue weighted by molar-refractivity contribution is 5.78. The van der Waals surface area contributed by atoms with Gasteiger partial charge in [0.1, 0.15) is 0 Å². The number of esters is 1. The first kappa shape index (κ1) is 15.4. The van der Waals surface area contributed by atoms with Crippen molar-refractivity contribution in [3.8, 4) is 0 Å². The van der Waals surface area contributed by atoms with E-state index in [4.69, 9.17) is 4.74 Å². The number of hydrogen-bond donors (Lipinski definition) is 0. The summed E-state index contributed by atoms with van der Waals surface area (Å²) in [7, 11) is 0. The summed E-state index contributed by atoms with van der Waals surface area (Å²) in [5, 5.41) is 4.34. The molecule has 0 N–H and O–H groups in total. The molecule has 106 valence electrons. The third-order valence-corrected chi connectivity index (χ3v) is 3.11. The van der Waals surface area contributed by atoms with Crippen LogP contribution in [0.4, 0.5) is 0 Å². The van der Waals surface area contributed by atoms with Gasteiger partial charge in [-0.1, -0.05) is 6.42 Å². The van der Waals surface area contributed by atoms with Crippen molar-refractivity contribution in [2.24, 2.45) is 0 Å². The molecule has 0 aliphatic carbocycles. The Bertz CT molecular complexity index is 438. The third kappa shape index (κ3) is 4.50. The summed E-state index contributed by atoms with van der Waals surface area (Å²) >= 11 is 0. The van der Waals surface area contributed by atoms with Gasteiger partial charge < -0.3 is 4.74 Å². The number of aromatic nitrogens is 2. The Kier molecular flexibility index (Phi) is 6.25. The zero-order chi connectivity index (χ0) is 14.3. The zero-order valence-corrected chi connectivity index (χ0v) is 11.9. The van der Waals surface area contributed by atoms with Crippen LogP contribution in [-0.2, 0) is 16.1 Å². The van der Waals surface area contributed by atoms with Gasteiger partial charge in [-0.2, -0.15) is 5.10 Å². The number of ether oxygens (including phenoxy) is 1. The first-order valence-corrected chi connectivity index (χ1v) is 6.75. The van der Waals surface area contributed by atoms with E-state index in [1.54, 1.807) is 0 Å². The maximum atomic E-state index is 11.1. The van der Waals surface area contributed by atoms with Crippen molar-refractivity contribution in [1.29, 1.82) is 0 Å². The fourth-order valence-corrected chi connectivity index (χ4v) is 2.04. The molecular weight excluding hydrogens is 244 g/mol. The molecule has 19 heavy (non-hydrogen) atoms. The molecule has 5 heteroatoms. The summed E-state index contributed by atoms with van der Waals surface area (Å²) in [6.45, 7) is 6.78. The van der Waals surface area contributed by atoms with Crippen molar-refractivity contribution in [1.82, 2.24) is 9.78 Å². The van der Waals surface area contributed by atoms with Crippen LogP contribution in [0.3, 0.4) is 0 Å². The van der Waals surface area contributed by atoms with E-state index in [0.717, 1.165) is 43.5 Å². The second-order valence-electron chi connectivity index (χ2n) is 4.54. The number of carbonyl (C=O) groups is 2. The Morgan fingerprint density at radius 1 is 1.32 bits per heavy atom. The second-order valence-corrected chi connectivity index (χ2v) is 4.54. The van der Waals surface area contributed by atoms with Gasteiger partial charge in [0, 0.05) is 18.7 Å². The Morgan fingerprint density at radius 3 is 2.63 bits per heavy atom. The van der Waals surface area contributed by atoms with Gasteiger partial charge in [-0.05, 0) is 33.6 Å². The molecule has 0 aliphatic rings. The molecule has 0 fully saturated rings. The van der Waals surface area contributed by atoms with Crippen molar-refractivity contribution >= 4 is 12.3 Å². The highest BCUT2D eigenvalue weighted by Crippen LogP contribution is 2.12. The van der Waals surface area contributed by atoms with Crippen LogP contribution in [-0.4, -0.2) is 28.6 Å². The Balaban J connectivity index is 2.30. The first-order valence-electron chi connectivity index (χ1n) is 6.75. The molecule has 0 aromatic carbocycles. The van der Waals surface area contributed by atoms with Gasteiger partial charge in [-0.3, -0.25) is 14.3 Å². The van der Waals surface area contributed by atoms with Crippen molar-refractivity contribution in [3.63, 3.8) is 0 Å². The topological polar surface area (TPSA) is 61.2 Å². The highest BCUT2D eigenvalue weighted by atomic mass is 16.5. The van der Waals surface area contributed by atoms with Crippen LogP contribution in [0.15, 0.2) is 0 Å². The molecular formula is C14H22N2O3. The lowest BCUT2D eigenvalue weighted by atomic mass is 10.2. The van der Waals surface area contributed by atoms with Crippen molar-refractivity contribution in [3.05, 3.63) is 17.0 Å². The minimum atomic E-state index is -0.128. The number of hydrogen-bond acceptors (Lipinski definition) is 4. The van der Waals surface area contributed by atoms with E-state index < -0.39 is 0 Å². The summed E-state index contributed by atoms with van der Waals surface area (Å²) in [5.41, 5.74) is 2.38. The molecule has 1 aromatic rings. The molecule has 0 radical (unpaired) electrons.